The number of hydrogen-bond acceptors (Lipinski definition) is 24. The topological polar surface area (TPSA) is 417 Å². The first-order valence-corrected chi connectivity index (χ1v) is 40.1. The van der Waals surface area contributed by atoms with E-state index in [4.69, 9.17) is 120 Å². The lowest BCUT2D eigenvalue weighted by Crippen LogP contribution is -2.53. The molecule has 18 heterocycles. The second-order valence-electron chi connectivity index (χ2n) is 28.7. The number of nitrogens with zero attached hydrogens (tertiary/aromatic N) is 30. The van der Waals surface area contributed by atoms with Crippen molar-refractivity contribution in [2.45, 2.75) is 116 Å². The lowest BCUT2D eigenvalue weighted by Gasteiger charge is -2.41. The molecule has 0 aliphatic carbocycles. The Labute approximate surface area is 884 Å². The number of aromatic amines is 6. The Balaban J connectivity index is 0.000000190. The van der Waals surface area contributed by atoms with Crippen LogP contribution >= 0.6 is 0 Å². The summed E-state index contributed by atoms with van der Waals surface area (Å²) in [6.45, 7) is -12.8. The van der Waals surface area contributed by atoms with Crippen LogP contribution in [-0.4, -0.2) is 350 Å². The molecule has 6 aliphatic heterocycles. The van der Waals surface area contributed by atoms with Gasteiger partial charge in [-0.3, -0.25) is 28.8 Å². The highest BCUT2D eigenvalue weighted by Crippen LogP contribution is 2.37. The molecule has 138 heavy (non-hydrogen) atoms. The van der Waals surface area contributed by atoms with Crippen molar-refractivity contribution in [1.29, 1.82) is 0 Å². The van der Waals surface area contributed by atoms with Crippen LogP contribution < -0.4 is 29.4 Å². The third-order valence-corrected chi connectivity index (χ3v) is 20.0. The van der Waals surface area contributed by atoms with Gasteiger partial charge in [0.05, 0.1) is 90.4 Å². The fourth-order valence-electron chi connectivity index (χ4n) is 13.1. The van der Waals surface area contributed by atoms with E-state index in [1.165, 1.54) is 82.5 Å². The zero-order valence-corrected chi connectivity index (χ0v) is 73.8. The van der Waals surface area contributed by atoms with Crippen molar-refractivity contribution in [1.82, 2.24) is 119 Å². The van der Waals surface area contributed by atoms with Gasteiger partial charge in [0, 0.05) is 208 Å². The average Bonchev–Trinajstić information content (AvgIpc) is 0.710. The number of H-pyrrole nitrogens is 6. The van der Waals surface area contributed by atoms with Crippen LogP contribution in [0.5, 0.6) is 0 Å². The molecule has 0 radical (unpaired) electrons. The summed E-state index contributed by atoms with van der Waals surface area (Å²) in [6.07, 6.45) is -14.6. The van der Waals surface area contributed by atoms with Gasteiger partial charge in [-0.05, 0) is 110 Å². The summed E-state index contributed by atoms with van der Waals surface area (Å²) in [4.78, 5) is 161. The van der Waals surface area contributed by atoms with Crippen LogP contribution in [0.1, 0.15) is 160 Å². The fraction of sp³-hybridized carbons (Fsp3) is 0.500. The third-order valence-electron chi connectivity index (χ3n) is 20.0. The first-order valence-electron chi connectivity index (χ1n) is 69.6. The highest BCUT2D eigenvalue weighted by Gasteiger charge is 2.41. The SMILES string of the molecule is [2H]c1nc(N(C)[C@@]2([2H])C([2H])([2H])N(C(=O)C[N+]#[C-])C([2H])([2H])C([2H])([2H])[C@@]2([2H])C([2H])([2H])[2H])c2cc[nH]c2n1.[2H]c1nc(N(C)[C@@]2([2H])C([2H])([2H])N(C(=O)C[N+]#[C-])C([2H])([2H])C([2H])([2H])[C@@]2([2H])C)c2cc[nH]c2n1.[2H]c1nc(N(C)[C@H]2C([2H])([2H])N(C(=O)C[N+]#[C-])C([2H])([2H])C([2H])([2H])[C@@]2([2H])C([2H])([2H])[2H])c2cc[nH]c2n1.[2H]c1nc(N(C)[C@H]2C([2H])([2H])N(C(=O)C[N+]#[C-])C([2H])([2H])C([2H])([2H])[C@@]2([2H])C)c2cc[nH]c2n1.[2H]c1nc(N(C)[C@]2([2H])[C@H](C([2H])([2H])[2H])C([2H])([2H])C([2H])([2H])N(C(=O)C[N+]#[C-])C2([2H])[2H])c2cc[nH]c2n1.[2H]c1nc(N(C)[C@]2([2H])[C@H](C)C([2H])([2H])C([2H])([2H])N(C(=O)C[N+]#[C-])C2([2H])[2H])c2cc[nH]c2n1. The Morgan fingerprint density at radius 3 is 0.833 bits per heavy atom. The maximum absolute atomic E-state index is 12.8. The number of fused-ring (bicyclic) bond motifs is 6. The van der Waals surface area contributed by atoms with E-state index in [0.29, 0.717) is 20.6 Å². The molecule has 0 spiro atoms. The molecule has 6 saturated heterocycles. The summed E-state index contributed by atoms with van der Waals surface area (Å²) >= 11 is 0. The lowest BCUT2D eigenvalue weighted by molar-refractivity contribution is -0.131. The number of hydrogen-bond donors (Lipinski definition) is 6. The van der Waals surface area contributed by atoms with Crippen molar-refractivity contribution in [3.05, 3.63) is 180 Å². The maximum Gasteiger partial charge on any atom is 0.302 e. The Morgan fingerprint density at radius 1 is 0.319 bits per heavy atom. The van der Waals surface area contributed by atoms with Crippen LogP contribution in [0.2, 0.25) is 0 Å². The van der Waals surface area contributed by atoms with Gasteiger partial charge in [-0.15, -0.1) is 0 Å². The van der Waals surface area contributed by atoms with Crippen LogP contribution in [0, 0.1) is 74.8 Å². The molecule has 42 heteroatoms. The zero-order valence-electron chi connectivity index (χ0n) is 133. The number of likely N-dealkylation sites (N-methyl/N-ethyl adjacent to an activating group) is 6. The van der Waals surface area contributed by atoms with Crippen molar-refractivity contribution in [3.63, 3.8) is 0 Å². The minimum Gasteiger partial charge on any atom is -0.354 e. The number of carbonyl (C=O) groups excluding carboxylic acids is 6. The van der Waals surface area contributed by atoms with Gasteiger partial charge in [0.2, 0.25) is 0 Å². The van der Waals surface area contributed by atoms with Crippen LogP contribution in [0.3, 0.4) is 0 Å². The Hall–Kier alpha value is -15.7. The second-order valence-corrected chi connectivity index (χ2v) is 28.7. The predicted molar refractivity (Wildman–Crippen MR) is 527 cm³/mol. The van der Waals surface area contributed by atoms with E-state index in [0.717, 1.165) is 61.6 Å². The summed E-state index contributed by atoms with van der Waals surface area (Å²) in [5, 5.41) is 1.36. The van der Waals surface area contributed by atoms with Gasteiger partial charge in [0.1, 0.15) is 115 Å². The minimum atomic E-state index is -3.89. The Kier molecular flexibility index (Phi) is 16.2. The third kappa shape index (κ3) is 23.1. The van der Waals surface area contributed by atoms with Crippen LogP contribution in [-0.2, 0) is 28.8 Å². The number of piperidine rings is 6. The van der Waals surface area contributed by atoms with Gasteiger partial charge in [-0.2, -0.15) is 0 Å². The van der Waals surface area contributed by atoms with Crippen molar-refractivity contribution < 1.29 is 110 Å². The molecular weight excluding hydrogens is 1750 g/mol. The monoisotopic (exact) mass is 1930 g/mol. The first kappa shape index (κ1) is 48.1. The molecule has 0 unspecified atom stereocenters. The molecule has 0 saturated carbocycles. The van der Waals surface area contributed by atoms with E-state index in [-0.39, 0.29) is 114 Å². The molecule has 0 aromatic carbocycles. The smallest absolute Gasteiger partial charge is 0.302 e. The molecule has 6 N–H and O–H groups in total. The molecule has 12 atom stereocenters. The lowest BCUT2D eigenvalue weighted by atomic mass is 9.92. The zero-order chi connectivity index (χ0) is 151. The van der Waals surface area contributed by atoms with E-state index in [2.05, 4.69) is 119 Å². The molecule has 12 aromatic heterocycles. The number of rotatable bonds is 18. The molecule has 6 fully saturated rings. The molecule has 6 amide bonds. The van der Waals surface area contributed by atoms with E-state index in [9.17, 15) is 28.8 Å². The van der Waals surface area contributed by atoms with Crippen molar-refractivity contribution in [3.8, 4) is 0 Å². The first-order chi connectivity index (χ1) is 89.2. The quantitative estimate of drug-likeness (QED) is 0.0435. The van der Waals surface area contributed by atoms with E-state index < -0.39 is 327 Å². The normalized spacial score (nSPS) is 38.6. The summed E-state index contributed by atoms with van der Waals surface area (Å²) in [6, 6.07) is -7.72. The number of nitrogens with one attached hydrogen (secondary N) is 6. The van der Waals surface area contributed by atoms with Crippen molar-refractivity contribution in [2.75, 3.05) is 189 Å². The average molecular weight is 1930 g/mol. The summed E-state index contributed by atoms with van der Waals surface area (Å²) in [5.74, 6) is -26.4. The van der Waals surface area contributed by atoms with Gasteiger partial charge in [0.15, 0.2) is 0 Å². The standard InChI is InChI=1S/6C16H20N6O/c6*1-11-5-7-22(14(23)8-17-2)9-13(11)21(3)16-12-4-6-18-15(12)19-10-20-16/h6*4,6,10-11,13H,5,7-9H2,1,3H3,(H,18,19,20)/t6*11-,13+/m111111/s1/i1D3,5D2,7D2,9D2,10D,11D,13D;5D2,7D2,9D2,10D,11D,13D;1D3,5D2,7D2,9D2,10D,13D;1D3,5D2,7D2,9D2,10D,11D;5D2,7D2,9D2,10D,13D;5D2,7D2,9D2,10D,11D. The molecule has 12 aromatic rings. The summed E-state index contributed by atoms with van der Waals surface area (Å²) in [5.41, 5.74) is 0.958. The van der Waals surface area contributed by atoms with Crippen LogP contribution in [0.25, 0.3) is 95.3 Å². The second kappa shape index (κ2) is 46.5. The highest BCUT2D eigenvalue weighted by molar-refractivity contribution is 5.93. The fourth-order valence-corrected chi connectivity index (χ4v) is 13.1. The highest BCUT2D eigenvalue weighted by atomic mass is 16.2. The maximum atomic E-state index is 12.8. The largest absolute Gasteiger partial charge is 0.354 e. The predicted octanol–water partition coefficient (Wildman–Crippen LogP) is 9.30. The summed E-state index contributed by atoms with van der Waals surface area (Å²) < 4.78 is 494. The number of amides is 6. The van der Waals surface area contributed by atoms with E-state index in [1.807, 2.05) is 0 Å². The number of anilines is 6. The summed E-state index contributed by atoms with van der Waals surface area (Å²) in [7, 11) is 6.84. The molecule has 720 valence electrons. The molecule has 0 bridgehead atoms. The molecule has 6 aliphatic rings. The molecule has 18 rings (SSSR count). The molecular formula is C96H120N36O6. The van der Waals surface area contributed by atoms with Crippen LogP contribution in [0.15, 0.2) is 111 Å². The van der Waals surface area contributed by atoms with Gasteiger partial charge < -0.3 is 118 Å². The van der Waals surface area contributed by atoms with Gasteiger partial charge in [-0.25, -0.2) is 99.2 Å². The van der Waals surface area contributed by atoms with Gasteiger partial charge in [-0.1, -0.05) is 41.3 Å². The van der Waals surface area contributed by atoms with Crippen LogP contribution in [0.4, 0.5) is 34.9 Å². The van der Waals surface area contributed by atoms with E-state index in [1.54, 1.807) is 12.1 Å². The Bertz CT molecular complexity index is 9610. The van der Waals surface area contributed by atoms with Gasteiger partial charge >= 0.3 is 35.4 Å². The Morgan fingerprint density at radius 2 is 0.543 bits per heavy atom. The van der Waals surface area contributed by atoms with Gasteiger partial charge in [0.25, 0.3) is 39.3 Å². The number of aromatic nitrogens is 18. The van der Waals surface area contributed by atoms with Crippen molar-refractivity contribution >= 4 is 137 Å². The number of carbonyl (C=O) groups is 6. The van der Waals surface area contributed by atoms with Crippen molar-refractivity contribution in [2.24, 2.45) is 35.4 Å². The number of likely N-dealkylation sites (tertiary alicyclic amines) is 6. The minimum absolute atomic E-state index is 0.0134. The molecule has 42 nitrogen and oxygen atoms in total. The van der Waals surface area contributed by atoms with E-state index >= 15 is 0 Å².